The van der Waals surface area contributed by atoms with Crippen LogP contribution in [0.15, 0.2) is 79.4 Å². The third-order valence-corrected chi connectivity index (χ3v) is 4.83. The number of rotatable bonds is 4. The highest BCUT2D eigenvalue weighted by Gasteiger charge is 2.12. The fourth-order valence-electron chi connectivity index (χ4n) is 3.36. The summed E-state index contributed by atoms with van der Waals surface area (Å²) >= 11 is 0. The number of amides is 1. The predicted octanol–water partition coefficient (Wildman–Crippen LogP) is 5.01. The second-order valence-electron chi connectivity index (χ2n) is 6.81. The third kappa shape index (κ3) is 3.33. The minimum atomic E-state index is -0.291. The smallest absolute Gasteiger partial charge is 0.257 e. The second-order valence-corrected chi connectivity index (χ2v) is 6.81. The molecule has 3 heterocycles. The molecule has 0 aliphatic rings. The summed E-state index contributed by atoms with van der Waals surface area (Å²) in [6.07, 6.45) is 6.68. The number of anilines is 1. The zero-order valence-corrected chi connectivity index (χ0v) is 15.7. The molecule has 1 amide bonds. The lowest BCUT2D eigenvalue weighted by molar-refractivity contribution is 0.102. The number of halogens is 1. The number of benzene rings is 2. The maximum absolute atomic E-state index is 13.4. The molecular weight excluding hydrogens is 381 g/mol. The maximum atomic E-state index is 13.4. The number of H-pyrrole nitrogens is 2. The summed E-state index contributed by atoms with van der Waals surface area (Å²) < 4.78 is 13.4. The summed E-state index contributed by atoms with van der Waals surface area (Å²) in [6, 6.07) is 15.5. The van der Waals surface area contributed by atoms with Gasteiger partial charge >= 0.3 is 0 Å². The number of carbonyl (C=O) groups is 1. The molecule has 6 nitrogen and oxygen atoms in total. The quantitative estimate of drug-likeness (QED) is 0.398. The van der Waals surface area contributed by atoms with Crippen molar-refractivity contribution in [3.8, 4) is 22.6 Å². The molecule has 5 aromatic rings. The molecule has 30 heavy (non-hydrogen) atoms. The number of imidazole rings is 1. The van der Waals surface area contributed by atoms with Crippen LogP contribution in [0.5, 0.6) is 0 Å². The van der Waals surface area contributed by atoms with Crippen LogP contribution in [0.4, 0.5) is 10.1 Å². The molecule has 3 aromatic heterocycles. The van der Waals surface area contributed by atoms with E-state index in [1.807, 2.05) is 24.3 Å². The average molecular weight is 397 g/mol. The molecule has 3 N–H and O–H groups in total. The summed E-state index contributed by atoms with van der Waals surface area (Å²) in [4.78, 5) is 27.2. The maximum Gasteiger partial charge on any atom is 0.257 e. The van der Waals surface area contributed by atoms with Crippen molar-refractivity contribution in [1.82, 2.24) is 19.9 Å². The van der Waals surface area contributed by atoms with Crippen LogP contribution in [0.2, 0.25) is 0 Å². The van der Waals surface area contributed by atoms with E-state index in [2.05, 4.69) is 25.3 Å². The Bertz CT molecular complexity index is 1360. The highest BCUT2D eigenvalue weighted by atomic mass is 19.1. The van der Waals surface area contributed by atoms with E-state index in [9.17, 15) is 9.18 Å². The van der Waals surface area contributed by atoms with Gasteiger partial charge in [0.25, 0.3) is 5.91 Å². The molecule has 5 rings (SSSR count). The molecule has 2 aromatic carbocycles. The van der Waals surface area contributed by atoms with Gasteiger partial charge in [-0.3, -0.25) is 9.78 Å². The first-order chi connectivity index (χ1) is 14.7. The van der Waals surface area contributed by atoms with Crippen molar-refractivity contribution in [3.05, 3.63) is 90.8 Å². The van der Waals surface area contributed by atoms with Crippen molar-refractivity contribution >= 4 is 22.5 Å². The highest BCUT2D eigenvalue weighted by molar-refractivity contribution is 6.04. The molecule has 0 aliphatic carbocycles. The number of fused-ring (bicyclic) bond motifs is 1. The van der Waals surface area contributed by atoms with Crippen molar-refractivity contribution < 1.29 is 9.18 Å². The van der Waals surface area contributed by atoms with Crippen LogP contribution in [-0.4, -0.2) is 25.8 Å². The lowest BCUT2D eigenvalue weighted by Gasteiger charge is -2.06. The van der Waals surface area contributed by atoms with E-state index in [0.29, 0.717) is 22.6 Å². The van der Waals surface area contributed by atoms with Gasteiger partial charge in [-0.25, -0.2) is 9.37 Å². The van der Waals surface area contributed by atoms with Gasteiger partial charge in [0.05, 0.1) is 17.5 Å². The van der Waals surface area contributed by atoms with Gasteiger partial charge in [-0.05, 0) is 42.5 Å². The highest BCUT2D eigenvalue weighted by Crippen LogP contribution is 2.29. The molecule has 0 saturated heterocycles. The monoisotopic (exact) mass is 397 g/mol. The van der Waals surface area contributed by atoms with Gasteiger partial charge in [-0.2, -0.15) is 0 Å². The van der Waals surface area contributed by atoms with E-state index >= 15 is 0 Å². The molecule has 7 heteroatoms. The van der Waals surface area contributed by atoms with Crippen molar-refractivity contribution in [1.29, 1.82) is 0 Å². The van der Waals surface area contributed by atoms with Crippen LogP contribution < -0.4 is 5.32 Å². The lowest BCUT2D eigenvalue weighted by atomic mass is 10.1. The van der Waals surface area contributed by atoms with Crippen molar-refractivity contribution in [2.45, 2.75) is 0 Å². The van der Waals surface area contributed by atoms with Gasteiger partial charge in [0.1, 0.15) is 11.6 Å². The summed E-state index contributed by atoms with van der Waals surface area (Å²) in [5.74, 6) is 0.158. The zero-order valence-electron chi connectivity index (χ0n) is 15.7. The Kier molecular flexibility index (Phi) is 4.33. The van der Waals surface area contributed by atoms with Gasteiger partial charge in [-0.1, -0.05) is 12.1 Å². The van der Waals surface area contributed by atoms with Gasteiger partial charge in [0, 0.05) is 46.3 Å². The van der Waals surface area contributed by atoms with E-state index in [-0.39, 0.29) is 11.7 Å². The normalized spacial score (nSPS) is 11.0. The van der Waals surface area contributed by atoms with Crippen LogP contribution in [0.25, 0.3) is 33.5 Å². The topological polar surface area (TPSA) is 86.5 Å². The predicted molar refractivity (Wildman–Crippen MR) is 113 cm³/mol. The molecule has 0 fully saturated rings. The van der Waals surface area contributed by atoms with Gasteiger partial charge < -0.3 is 15.3 Å². The van der Waals surface area contributed by atoms with E-state index in [4.69, 9.17) is 0 Å². The number of hydrogen-bond acceptors (Lipinski definition) is 3. The first-order valence-electron chi connectivity index (χ1n) is 9.31. The van der Waals surface area contributed by atoms with Crippen LogP contribution in [0.1, 0.15) is 10.4 Å². The number of nitrogens with zero attached hydrogens (tertiary/aromatic N) is 2. The van der Waals surface area contributed by atoms with E-state index < -0.39 is 0 Å². The van der Waals surface area contributed by atoms with E-state index in [1.165, 1.54) is 18.3 Å². The molecule has 0 bridgehead atoms. The Morgan fingerprint density at radius 2 is 1.97 bits per heavy atom. The molecule has 0 unspecified atom stereocenters. The Morgan fingerprint density at radius 3 is 2.83 bits per heavy atom. The number of nitrogens with one attached hydrogen (secondary N) is 3. The Balaban J connectivity index is 1.42. The number of pyridine rings is 1. The Labute approximate surface area is 170 Å². The molecule has 146 valence electrons. The van der Waals surface area contributed by atoms with Gasteiger partial charge in [0.15, 0.2) is 0 Å². The van der Waals surface area contributed by atoms with Gasteiger partial charge in [0.2, 0.25) is 0 Å². The summed E-state index contributed by atoms with van der Waals surface area (Å²) in [5.41, 5.74) is 4.41. The first kappa shape index (κ1) is 17.8. The summed E-state index contributed by atoms with van der Waals surface area (Å²) in [6.45, 7) is 0. The van der Waals surface area contributed by atoms with E-state index in [1.54, 1.807) is 36.8 Å². The standard InChI is InChI=1S/C23H16FN5O/c24-16-6-7-18-19(12-26-20(18)10-16)22-27-13-21(29-22)14-3-1-5-17(9-14)28-23(30)15-4-2-8-25-11-15/h1-13,26H,(H,27,29)(H,28,30). The molecule has 0 radical (unpaired) electrons. The van der Waals surface area contributed by atoms with E-state index in [0.717, 1.165) is 22.2 Å². The number of hydrogen-bond donors (Lipinski definition) is 3. The van der Waals surface area contributed by atoms with Crippen LogP contribution in [0, 0.1) is 5.82 Å². The average Bonchev–Trinajstić information content (AvgIpc) is 3.41. The minimum Gasteiger partial charge on any atom is -0.360 e. The number of carbonyl (C=O) groups excluding carboxylic acids is 1. The third-order valence-electron chi connectivity index (χ3n) is 4.83. The fourth-order valence-corrected chi connectivity index (χ4v) is 3.36. The number of aromatic nitrogens is 4. The van der Waals surface area contributed by atoms with Crippen molar-refractivity contribution in [2.75, 3.05) is 5.32 Å². The zero-order chi connectivity index (χ0) is 20.5. The molecule has 0 atom stereocenters. The molecule has 0 aliphatic heterocycles. The van der Waals surface area contributed by atoms with Crippen molar-refractivity contribution in [2.24, 2.45) is 0 Å². The molecular formula is C23H16FN5O. The minimum absolute atomic E-state index is 0.225. The Morgan fingerprint density at radius 1 is 1.03 bits per heavy atom. The second kappa shape index (κ2) is 7.29. The molecule has 0 saturated carbocycles. The Hall–Kier alpha value is -4.26. The SMILES string of the molecule is O=C(Nc1cccc(-c2cnc(-c3c[nH]c4cc(F)ccc34)[nH]2)c1)c1cccnc1. The van der Waals surface area contributed by atoms with Crippen molar-refractivity contribution in [3.63, 3.8) is 0 Å². The number of aromatic amines is 2. The van der Waals surface area contributed by atoms with Crippen LogP contribution in [-0.2, 0) is 0 Å². The van der Waals surface area contributed by atoms with Crippen LogP contribution >= 0.6 is 0 Å². The summed E-state index contributed by atoms with van der Waals surface area (Å²) in [7, 11) is 0. The molecule has 0 spiro atoms. The largest absolute Gasteiger partial charge is 0.360 e. The summed E-state index contributed by atoms with van der Waals surface area (Å²) in [5, 5.41) is 3.76. The van der Waals surface area contributed by atoms with Crippen LogP contribution in [0.3, 0.4) is 0 Å². The lowest BCUT2D eigenvalue weighted by Crippen LogP contribution is -2.11. The first-order valence-corrected chi connectivity index (χ1v) is 9.31. The van der Waals surface area contributed by atoms with Gasteiger partial charge in [-0.15, -0.1) is 0 Å². The fraction of sp³-hybridized carbons (Fsp3) is 0.